The third-order valence-corrected chi connectivity index (χ3v) is 3.71. The van der Waals surface area contributed by atoms with E-state index in [-0.39, 0.29) is 5.56 Å². The Morgan fingerprint density at radius 2 is 1.86 bits per heavy atom. The van der Waals surface area contributed by atoms with Crippen molar-refractivity contribution in [2.45, 2.75) is 6.54 Å². The van der Waals surface area contributed by atoms with Gasteiger partial charge in [0.25, 0.3) is 0 Å². The summed E-state index contributed by atoms with van der Waals surface area (Å²) in [4.78, 5) is 11.5. The lowest BCUT2D eigenvalue weighted by molar-refractivity contribution is 0.0696. The number of carbonyl (C=O) groups is 1. The standard InChI is InChI=1S/C16H12BrNO3/c17-10-5-7-11(8-6-10)18-9-14-15(16(19)20)12-3-1-2-4-13(12)21-14/h1-8,18H,9H2,(H,19,20). The van der Waals surface area contributed by atoms with Crippen LogP contribution in [0.1, 0.15) is 16.1 Å². The normalized spacial score (nSPS) is 10.7. The summed E-state index contributed by atoms with van der Waals surface area (Å²) in [6, 6.07) is 14.8. The van der Waals surface area contributed by atoms with Crippen molar-refractivity contribution in [2.75, 3.05) is 5.32 Å². The zero-order valence-electron chi connectivity index (χ0n) is 11.0. The molecular weight excluding hydrogens is 334 g/mol. The molecule has 0 aliphatic rings. The molecule has 4 nitrogen and oxygen atoms in total. The van der Waals surface area contributed by atoms with Crippen LogP contribution >= 0.6 is 15.9 Å². The number of anilines is 1. The van der Waals surface area contributed by atoms with Crippen LogP contribution in [0.3, 0.4) is 0 Å². The highest BCUT2D eigenvalue weighted by atomic mass is 79.9. The zero-order chi connectivity index (χ0) is 14.8. The molecule has 1 heterocycles. The van der Waals surface area contributed by atoms with Gasteiger partial charge >= 0.3 is 5.97 Å². The van der Waals surface area contributed by atoms with E-state index in [4.69, 9.17) is 4.42 Å². The number of rotatable bonds is 4. The van der Waals surface area contributed by atoms with Gasteiger partial charge in [-0.25, -0.2) is 4.79 Å². The van der Waals surface area contributed by atoms with Gasteiger partial charge < -0.3 is 14.8 Å². The van der Waals surface area contributed by atoms with Crippen molar-refractivity contribution in [1.82, 2.24) is 0 Å². The van der Waals surface area contributed by atoms with E-state index in [0.717, 1.165) is 10.2 Å². The van der Waals surface area contributed by atoms with Crippen molar-refractivity contribution >= 4 is 38.6 Å². The third-order valence-electron chi connectivity index (χ3n) is 3.18. The second kappa shape index (κ2) is 5.61. The number of aromatic carboxylic acids is 1. The number of furan rings is 1. The Hall–Kier alpha value is -2.27. The van der Waals surface area contributed by atoms with Crippen LogP contribution < -0.4 is 5.32 Å². The smallest absolute Gasteiger partial charge is 0.339 e. The number of fused-ring (bicyclic) bond motifs is 1. The van der Waals surface area contributed by atoms with Gasteiger partial charge in [0, 0.05) is 15.5 Å². The van der Waals surface area contributed by atoms with Crippen LogP contribution in [0.5, 0.6) is 0 Å². The summed E-state index contributed by atoms with van der Waals surface area (Å²) in [6.07, 6.45) is 0. The molecule has 0 aliphatic heterocycles. The molecule has 0 saturated heterocycles. The lowest BCUT2D eigenvalue weighted by Crippen LogP contribution is -2.04. The van der Waals surface area contributed by atoms with Crippen molar-refractivity contribution in [3.05, 3.63) is 64.3 Å². The minimum Gasteiger partial charge on any atom is -0.478 e. The van der Waals surface area contributed by atoms with Crippen LogP contribution in [0.15, 0.2) is 57.4 Å². The van der Waals surface area contributed by atoms with Gasteiger partial charge in [-0.3, -0.25) is 0 Å². The number of carboxylic acids is 1. The van der Waals surface area contributed by atoms with Crippen molar-refractivity contribution in [3.63, 3.8) is 0 Å². The van der Waals surface area contributed by atoms with E-state index >= 15 is 0 Å². The number of hydrogen-bond donors (Lipinski definition) is 2. The fourth-order valence-electron chi connectivity index (χ4n) is 2.21. The molecule has 0 fully saturated rings. The van der Waals surface area contributed by atoms with E-state index in [9.17, 15) is 9.90 Å². The number of benzene rings is 2. The van der Waals surface area contributed by atoms with Crippen molar-refractivity contribution in [1.29, 1.82) is 0 Å². The van der Waals surface area contributed by atoms with E-state index in [0.29, 0.717) is 23.3 Å². The number of halogens is 1. The molecule has 1 aromatic heterocycles. The summed E-state index contributed by atoms with van der Waals surface area (Å²) in [5.74, 6) is -0.556. The highest BCUT2D eigenvalue weighted by Crippen LogP contribution is 2.26. The van der Waals surface area contributed by atoms with Crippen LogP contribution in [0, 0.1) is 0 Å². The largest absolute Gasteiger partial charge is 0.478 e. The van der Waals surface area contributed by atoms with E-state index in [1.165, 1.54) is 0 Å². The molecule has 2 N–H and O–H groups in total. The molecular formula is C16H12BrNO3. The Kier molecular flexibility index (Phi) is 3.66. The predicted octanol–water partition coefficient (Wildman–Crippen LogP) is 4.51. The second-order valence-electron chi connectivity index (χ2n) is 4.56. The van der Waals surface area contributed by atoms with Crippen molar-refractivity contribution in [3.8, 4) is 0 Å². The molecule has 0 unspecified atom stereocenters. The van der Waals surface area contributed by atoms with Gasteiger partial charge in [0.15, 0.2) is 0 Å². The lowest BCUT2D eigenvalue weighted by atomic mass is 10.1. The van der Waals surface area contributed by atoms with Crippen molar-refractivity contribution in [2.24, 2.45) is 0 Å². The molecule has 0 saturated carbocycles. The zero-order valence-corrected chi connectivity index (χ0v) is 12.6. The minimum absolute atomic E-state index is 0.218. The Labute approximate surface area is 129 Å². The molecule has 5 heteroatoms. The molecule has 3 aromatic rings. The summed E-state index contributed by atoms with van der Waals surface area (Å²) in [6.45, 7) is 0.317. The highest BCUT2D eigenvalue weighted by Gasteiger charge is 2.19. The monoisotopic (exact) mass is 345 g/mol. The van der Waals surface area contributed by atoms with Crippen molar-refractivity contribution < 1.29 is 14.3 Å². The number of para-hydroxylation sites is 1. The second-order valence-corrected chi connectivity index (χ2v) is 5.48. The van der Waals surface area contributed by atoms with Gasteiger partial charge in [-0.1, -0.05) is 34.1 Å². The highest BCUT2D eigenvalue weighted by molar-refractivity contribution is 9.10. The molecule has 106 valence electrons. The minimum atomic E-state index is -0.979. The Morgan fingerprint density at radius 1 is 1.14 bits per heavy atom. The molecule has 21 heavy (non-hydrogen) atoms. The summed E-state index contributed by atoms with van der Waals surface area (Å²) >= 11 is 3.37. The number of hydrogen-bond acceptors (Lipinski definition) is 3. The number of nitrogens with one attached hydrogen (secondary N) is 1. The quantitative estimate of drug-likeness (QED) is 0.730. The van der Waals surface area contributed by atoms with Crippen LogP contribution in [0.2, 0.25) is 0 Å². The third kappa shape index (κ3) is 2.78. The van der Waals surface area contributed by atoms with Gasteiger partial charge in [-0.05, 0) is 30.3 Å². The first kappa shape index (κ1) is 13.7. The fourth-order valence-corrected chi connectivity index (χ4v) is 2.47. The maximum Gasteiger partial charge on any atom is 0.339 e. The first-order valence-corrected chi connectivity index (χ1v) is 7.17. The molecule has 0 spiro atoms. The van der Waals surface area contributed by atoms with Crippen LogP contribution in [0.25, 0.3) is 11.0 Å². The molecule has 3 rings (SSSR count). The van der Waals surface area contributed by atoms with Gasteiger partial charge in [0.05, 0.1) is 6.54 Å². The Morgan fingerprint density at radius 3 is 2.57 bits per heavy atom. The van der Waals surface area contributed by atoms with Crippen LogP contribution in [-0.2, 0) is 6.54 Å². The molecule has 2 aromatic carbocycles. The molecule has 0 radical (unpaired) electrons. The maximum absolute atomic E-state index is 11.5. The van der Waals surface area contributed by atoms with E-state index < -0.39 is 5.97 Å². The molecule has 0 aliphatic carbocycles. The predicted molar refractivity (Wildman–Crippen MR) is 84.6 cm³/mol. The number of carboxylic acid groups (broad SMARTS) is 1. The summed E-state index contributed by atoms with van der Waals surface area (Å²) in [7, 11) is 0. The molecule has 0 atom stereocenters. The SMILES string of the molecule is O=C(O)c1c(CNc2ccc(Br)cc2)oc2ccccc12. The summed E-state index contributed by atoms with van der Waals surface area (Å²) < 4.78 is 6.64. The van der Waals surface area contributed by atoms with Crippen LogP contribution in [0.4, 0.5) is 5.69 Å². The van der Waals surface area contributed by atoms with E-state index in [1.54, 1.807) is 18.2 Å². The van der Waals surface area contributed by atoms with Gasteiger partial charge in [-0.2, -0.15) is 0 Å². The summed E-state index contributed by atoms with van der Waals surface area (Å²) in [5.41, 5.74) is 1.70. The van der Waals surface area contributed by atoms with Gasteiger partial charge in [0.2, 0.25) is 0 Å². The topological polar surface area (TPSA) is 62.5 Å². The Bertz CT molecular complexity index is 793. The average Bonchev–Trinajstić information content (AvgIpc) is 2.85. The fraction of sp³-hybridized carbons (Fsp3) is 0.0625. The maximum atomic E-state index is 11.5. The van der Waals surface area contributed by atoms with Gasteiger partial charge in [-0.15, -0.1) is 0 Å². The summed E-state index contributed by atoms with van der Waals surface area (Å²) in [5, 5.41) is 13.2. The first-order valence-electron chi connectivity index (χ1n) is 6.38. The van der Waals surface area contributed by atoms with E-state index in [2.05, 4.69) is 21.2 Å². The lowest BCUT2D eigenvalue weighted by Gasteiger charge is -2.05. The van der Waals surface area contributed by atoms with Gasteiger partial charge in [0.1, 0.15) is 16.9 Å². The average molecular weight is 346 g/mol. The first-order chi connectivity index (χ1) is 10.1. The molecule has 0 bridgehead atoms. The molecule has 0 amide bonds. The van der Waals surface area contributed by atoms with E-state index in [1.807, 2.05) is 30.3 Å². The van der Waals surface area contributed by atoms with Crippen LogP contribution in [-0.4, -0.2) is 11.1 Å². The Balaban J connectivity index is 1.91.